The van der Waals surface area contributed by atoms with Gasteiger partial charge in [0.1, 0.15) is 5.60 Å². The SMILES string of the molecule is CC(C)(C)[Si](OCCCCCCOC(c1ccccc1)(c1ccccc1)c1ccccc1)(c1ccccc1)c1ccccc1. The standard InChI is InChI=1S/C41H46O2Si/c1-40(2,3)44(38-29-17-9-18-30-38,39-31-19-10-20-32-39)43-34-22-5-4-21-33-42-41(35-23-11-6-12-24-35,36-25-13-7-14-26-36)37-27-15-8-16-28-37/h6-20,23-32H,4-5,21-22,33-34H2,1-3H3. The van der Waals surface area contributed by atoms with E-state index in [1.54, 1.807) is 0 Å². The second-order valence-electron chi connectivity index (χ2n) is 12.6. The zero-order valence-corrected chi connectivity index (χ0v) is 27.5. The lowest BCUT2D eigenvalue weighted by molar-refractivity contribution is 0.0105. The van der Waals surface area contributed by atoms with Crippen molar-refractivity contribution in [2.45, 2.75) is 57.1 Å². The molecule has 0 aliphatic rings. The number of hydrogen-bond acceptors (Lipinski definition) is 2. The van der Waals surface area contributed by atoms with Gasteiger partial charge in [0.2, 0.25) is 0 Å². The molecule has 5 rings (SSSR count). The minimum Gasteiger partial charge on any atom is -0.407 e. The maximum absolute atomic E-state index is 7.11. The maximum atomic E-state index is 7.11. The van der Waals surface area contributed by atoms with Gasteiger partial charge < -0.3 is 9.16 Å². The summed E-state index contributed by atoms with van der Waals surface area (Å²) in [6.45, 7) is 8.46. The summed E-state index contributed by atoms with van der Waals surface area (Å²) in [7, 11) is -2.49. The van der Waals surface area contributed by atoms with E-state index in [9.17, 15) is 0 Å². The Bertz CT molecular complexity index is 1380. The van der Waals surface area contributed by atoms with Crippen molar-refractivity contribution in [3.05, 3.63) is 168 Å². The molecule has 2 nitrogen and oxygen atoms in total. The quantitative estimate of drug-likeness (QED) is 0.0721. The summed E-state index contributed by atoms with van der Waals surface area (Å²) in [6.07, 6.45) is 4.23. The molecule has 0 amide bonds. The molecule has 0 saturated carbocycles. The topological polar surface area (TPSA) is 18.5 Å². The second-order valence-corrected chi connectivity index (χ2v) is 16.9. The number of benzene rings is 5. The molecule has 0 bridgehead atoms. The smallest absolute Gasteiger partial charge is 0.261 e. The van der Waals surface area contributed by atoms with E-state index in [4.69, 9.17) is 9.16 Å². The molecular weight excluding hydrogens is 553 g/mol. The molecule has 0 unspecified atom stereocenters. The van der Waals surface area contributed by atoms with Gasteiger partial charge in [-0.3, -0.25) is 0 Å². The summed E-state index contributed by atoms with van der Waals surface area (Å²) in [5.41, 5.74) is 2.79. The van der Waals surface area contributed by atoms with Crippen LogP contribution in [0.3, 0.4) is 0 Å². The molecule has 0 saturated heterocycles. The van der Waals surface area contributed by atoms with Gasteiger partial charge >= 0.3 is 0 Å². The lowest BCUT2D eigenvalue weighted by Gasteiger charge is -2.43. The molecule has 0 heterocycles. The van der Waals surface area contributed by atoms with Crippen LogP contribution < -0.4 is 10.4 Å². The van der Waals surface area contributed by atoms with E-state index in [-0.39, 0.29) is 5.04 Å². The predicted molar refractivity (Wildman–Crippen MR) is 187 cm³/mol. The first-order chi connectivity index (χ1) is 21.5. The third-order valence-electron chi connectivity index (χ3n) is 8.63. The molecule has 0 fully saturated rings. The van der Waals surface area contributed by atoms with Crippen molar-refractivity contribution >= 4 is 18.7 Å². The number of ether oxygens (including phenoxy) is 1. The Kier molecular flexibility index (Phi) is 10.7. The highest BCUT2D eigenvalue weighted by Gasteiger charge is 2.50. The molecular formula is C41H46O2Si. The fraction of sp³-hybridized carbons (Fsp3) is 0.268. The minimum atomic E-state index is -2.49. The summed E-state index contributed by atoms with van der Waals surface area (Å²) in [5, 5.41) is 2.68. The fourth-order valence-electron chi connectivity index (χ4n) is 6.54. The van der Waals surface area contributed by atoms with Crippen LogP contribution in [0, 0.1) is 0 Å². The Balaban J connectivity index is 1.25. The van der Waals surface area contributed by atoms with Crippen LogP contribution in [0.1, 0.15) is 63.1 Å². The second kappa shape index (κ2) is 14.8. The summed E-state index contributed by atoms with van der Waals surface area (Å²) in [5.74, 6) is 0. The largest absolute Gasteiger partial charge is 0.407 e. The van der Waals surface area contributed by atoms with E-state index in [1.165, 1.54) is 10.4 Å². The first-order valence-electron chi connectivity index (χ1n) is 16.0. The van der Waals surface area contributed by atoms with Gasteiger partial charge in [-0.25, -0.2) is 0 Å². The first kappa shape index (κ1) is 31.7. The van der Waals surface area contributed by atoms with Crippen LogP contribution in [-0.2, 0) is 14.8 Å². The van der Waals surface area contributed by atoms with E-state index in [1.807, 2.05) is 0 Å². The lowest BCUT2D eigenvalue weighted by Crippen LogP contribution is -2.66. The molecule has 0 aliphatic heterocycles. The van der Waals surface area contributed by atoms with Gasteiger partial charge in [0.15, 0.2) is 0 Å². The fourth-order valence-corrected chi connectivity index (χ4v) is 11.1. The molecule has 0 aliphatic carbocycles. The van der Waals surface area contributed by atoms with E-state index < -0.39 is 13.9 Å². The van der Waals surface area contributed by atoms with Crippen LogP contribution >= 0.6 is 0 Å². The average Bonchev–Trinajstić information content (AvgIpc) is 3.07. The van der Waals surface area contributed by atoms with Crippen molar-refractivity contribution in [1.82, 2.24) is 0 Å². The van der Waals surface area contributed by atoms with Crippen molar-refractivity contribution in [3.8, 4) is 0 Å². The Morgan fingerprint density at radius 1 is 0.432 bits per heavy atom. The van der Waals surface area contributed by atoms with Crippen LogP contribution in [0.5, 0.6) is 0 Å². The minimum absolute atomic E-state index is 0.000801. The van der Waals surface area contributed by atoms with Gasteiger partial charge in [0.25, 0.3) is 8.32 Å². The van der Waals surface area contributed by atoms with Crippen LogP contribution in [0.4, 0.5) is 0 Å². The van der Waals surface area contributed by atoms with Crippen molar-refractivity contribution in [1.29, 1.82) is 0 Å². The van der Waals surface area contributed by atoms with Crippen LogP contribution in [-0.4, -0.2) is 21.5 Å². The number of hydrogen-bond donors (Lipinski definition) is 0. The van der Waals surface area contributed by atoms with E-state index in [2.05, 4.69) is 172 Å². The Hall–Kier alpha value is -3.76. The molecule has 44 heavy (non-hydrogen) atoms. The molecule has 0 N–H and O–H groups in total. The van der Waals surface area contributed by atoms with Crippen LogP contribution in [0.2, 0.25) is 5.04 Å². The highest BCUT2D eigenvalue weighted by molar-refractivity contribution is 6.99. The summed E-state index contributed by atoms with van der Waals surface area (Å²) >= 11 is 0. The molecule has 3 heteroatoms. The highest BCUT2D eigenvalue weighted by atomic mass is 28.4. The van der Waals surface area contributed by atoms with E-state index in [0.717, 1.165) is 49.0 Å². The van der Waals surface area contributed by atoms with Crippen LogP contribution in [0.25, 0.3) is 0 Å². The Morgan fingerprint density at radius 3 is 1.14 bits per heavy atom. The van der Waals surface area contributed by atoms with Crippen LogP contribution in [0.15, 0.2) is 152 Å². The van der Waals surface area contributed by atoms with Gasteiger partial charge in [-0.05, 0) is 44.9 Å². The molecule has 0 aromatic heterocycles. The highest BCUT2D eigenvalue weighted by Crippen LogP contribution is 2.41. The van der Waals surface area contributed by atoms with Gasteiger partial charge in [-0.2, -0.15) is 0 Å². The van der Waals surface area contributed by atoms with Gasteiger partial charge in [-0.1, -0.05) is 185 Å². The van der Waals surface area contributed by atoms with E-state index >= 15 is 0 Å². The molecule has 226 valence electrons. The maximum Gasteiger partial charge on any atom is 0.261 e. The van der Waals surface area contributed by atoms with E-state index in [0.29, 0.717) is 6.61 Å². The zero-order valence-electron chi connectivity index (χ0n) is 26.5. The van der Waals surface area contributed by atoms with Gasteiger partial charge in [0, 0.05) is 13.2 Å². The number of rotatable bonds is 14. The van der Waals surface area contributed by atoms with Gasteiger partial charge in [0.05, 0.1) is 0 Å². The third-order valence-corrected chi connectivity index (χ3v) is 13.7. The van der Waals surface area contributed by atoms with Crippen molar-refractivity contribution in [3.63, 3.8) is 0 Å². The zero-order chi connectivity index (χ0) is 30.7. The monoisotopic (exact) mass is 598 g/mol. The number of unbranched alkanes of at least 4 members (excludes halogenated alkanes) is 3. The van der Waals surface area contributed by atoms with Crippen molar-refractivity contribution in [2.24, 2.45) is 0 Å². The van der Waals surface area contributed by atoms with Crippen molar-refractivity contribution < 1.29 is 9.16 Å². The molecule has 0 spiro atoms. The molecule has 0 radical (unpaired) electrons. The van der Waals surface area contributed by atoms with Crippen molar-refractivity contribution in [2.75, 3.05) is 13.2 Å². The first-order valence-corrected chi connectivity index (χ1v) is 17.9. The predicted octanol–water partition coefficient (Wildman–Crippen LogP) is 9.13. The third kappa shape index (κ3) is 6.81. The molecule has 5 aromatic rings. The molecule has 5 aromatic carbocycles. The average molecular weight is 599 g/mol. The molecule has 0 atom stereocenters. The lowest BCUT2D eigenvalue weighted by atomic mass is 9.80. The Labute approximate surface area is 265 Å². The Morgan fingerprint density at radius 2 is 0.773 bits per heavy atom. The normalized spacial score (nSPS) is 12.2. The summed E-state index contributed by atoms with van der Waals surface area (Å²) in [6, 6.07) is 53.8. The van der Waals surface area contributed by atoms with Gasteiger partial charge in [-0.15, -0.1) is 0 Å². The summed E-state index contributed by atoms with van der Waals surface area (Å²) < 4.78 is 14.1. The summed E-state index contributed by atoms with van der Waals surface area (Å²) in [4.78, 5) is 0.